The fraction of sp³-hybridized carbons (Fsp3) is 0.600. The first-order chi connectivity index (χ1) is 9.13. The summed E-state index contributed by atoms with van der Waals surface area (Å²) in [6.07, 6.45) is 4.91. The second-order valence-electron chi connectivity index (χ2n) is 5.42. The molecule has 1 unspecified atom stereocenters. The molecule has 0 aromatic heterocycles. The van der Waals surface area contributed by atoms with Crippen LogP contribution in [0.2, 0.25) is 5.02 Å². The summed E-state index contributed by atoms with van der Waals surface area (Å²) in [6.45, 7) is 0.512. The number of ether oxygens (including phenoxy) is 1. The highest BCUT2D eigenvalue weighted by atomic mass is 35.5. The van der Waals surface area contributed by atoms with Crippen LogP contribution >= 0.6 is 11.6 Å². The molecule has 1 aromatic rings. The maximum Gasteiger partial charge on any atom is 0.137 e. The average molecular weight is 284 g/mol. The van der Waals surface area contributed by atoms with Crippen molar-refractivity contribution in [2.45, 2.75) is 38.2 Å². The molecule has 1 saturated carbocycles. The summed E-state index contributed by atoms with van der Waals surface area (Å²) in [5.74, 6) is 0.628. The Kier molecular flexibility index (Phi) is 4.71. The zero-order valence-electron chi connectivity index (χ0n) is 11.4. The fourth-order valence-corrected chi connectivity index (χ4v) is 3.32. The smallest absolute Gasteiger partial charge is 0.137 e. The van der Waals surface area contributed by atoms with E-state index in [0.717, 1.165) is 31.2 Å². The van der Waals surface area contributed by atoms with Crippen LogP contribution in [0.4, 0.5) is 0 Å². The van der Waals surface area contributed by atoms with Gasteiger partial charge in [0.1, 0.15) is 5.75 Å². The molecule has 0 bridgehead atoms. The van der Waals surface area contributed by atoms with Gasteiger partial charge in [-0.25, -0.2) is 0 Å². The number of rotatable bonds is 4. The Bertz CT molecular complexity index is 430. The molecule has 1 atom stereocenters. The van der Waals surface area contributed by atoms with Gasteiger partial charge in [-0.2, -0.15) is 0 Å². The Balaban J connectivity index is 2.26. The third-order valence-electron chi connectivity index (χ3n) is 4.33. The molecule has 1 aliphatic rings. The monoisotopic (exact) mass is 283 g/mol. The van der Waals surface area contributed by atoms with Gasteiger partial charge >= 0.3 is 0 Å². The van der Waals surface area contributed by atoms with Gasteiger partial charge in [0, 0.05) is 12.0 Å². The Morgan fingerprint density at radius 3 is 2.58 bits per heavy atom. The number of benzene rings is 1. The Hall–Kier alpha value is -0.770. The second kappa shape index (κ2) is 6.12. The zero-order chi connectivity index (χ0) is 13.9. The van der Waals surface area contributed by atoms with Gasteiger partial charge in [-0.1, -0.05) is 36.9 Å². The minimum absolute atomic E-state index is 0.198. The summed E-state index contributed by atoms with van der Waals surface area (Å²) >= 11 is 6.13. The van der Waals surface area contributed by atoms with E-state index in [2.05, 4.69) is 0 Å². The van der Waals surface area contributed by atoms with Crippen molar-refractivity contribution in [1.29, 1.82) is 0 Å². The van der Waals surface area contributed by atoms with Crippen molar-refractivity contribution < 1.29 is 9.84 Å². The molecule has 106 valence electrons. The van der Waals surface area contributed by atoms with Crippen molar-refractivity contribution in [2.24, 2.45) is 11.1 Å². The first-order valence-corrected chi connectivity index (χ1v) is 7.22. The van der Waals surface area contributed by atoms with Crippen molar-refractivity contribution in [3.8, 4) is 5.75 Å². The zero-order valence-corrected chi connectivity index (χ0v) is 12.1. The van der Waals surface area contributed by atoms with E-state index in [1.165, 1.54) is 6.42 Å². The van der Waals surface area contributed by atoms with E-state index in [4.69, 9.17) is 22.1 Å². The van der Waals surface area contributed by atoms with Gasteiger partial charge in [0.15, 0.2) is 0 Å². The van der Waals surface area contributed by atoms with Gasteiger partial charge in [-0.05, 0) is 30.5 Å². The molecule has 3 nitrogen and oxygen atoms in total. The summed E-state index contributed by atoms with van der Waals surface area (Å²) in [4.78, 5) is 0. The van der Waals surface area contributed by atoms with Crippen LogP contribution in [0.1, 0.15) is 43.8 Å². The summed E-state index contributed by atoms with van der Waals surface area (Å²) in [5, 5.41) is 11.2. The van der Waals surface area contributed by atoms with Crippen LogP contribution in [0, 0.1) is 5.41 Å². The number of methoxy groups -OCH3 is 1. The third kappa shape index (κ3) is 2.88. The van der Waals surface area contributed by atoms with Gasteiger partial charge in [0.25, 0.3) is 0 Å². The molecule has 4 heteroatoms. The third-order valence-corrected chi connectivity index (χ3v) is 4.62. The molecule has 0 heterocycles. The lowest BCUT2D eigenvalue weighted by Crippen LogP contribution is -2.38. The molecule has 3 N–H and O–H groups in total. The molecular formula is C15H22ClNO2. The maximum absolute atomic E-state index is 10.7. The van der Waals surface area contributed by atoms with Crippen molar-refractivity contribution in [2.75, 3.05) is 13.7 Å². The molecule has 2 rings (SSSR count). The number of hydrogen-bond acceptors (Lipinski definition) is 3. The summed E-state index contributed by atoms with van der Waals surface area (Å²) in [6, 6.07) is 5.46. The summed E-state index contributed by atoms with van der Waals surface area (Å²) in [5.41, 5.74) is 6.59. The Morgan fingerprint density at radius 1 is 1.37 bits per heavy atom. The van der Waals surface area contributed by atoms with E-state index < -0.39 is 6.10 Å². The second-order valence-corrected chi connectivity index (χ2v) is 5.83. The molecule has 0 radical (unpaired) electrons. The highest BCUT2D eigenvalue weighted by molar-refractivity contribution is 6.32. The van der Waals surface area contributed by atoms with Crippen molar-refractivity contribution >= 4 is 11.6 Å². The van der Waals surface area contributed by atoms with Crippen LogP contribution < -0.4 is 10.5 Å². The van der Waals surface area contributed by atoms with E-state index in [1.54, 1.807) is 19.2 Å². The lowest BCUT2D eigenvalue weighted by Gasteiger charge is -2.40. The molecule has 1 aromatic carbocycles. The maximum atomic E-state index is 10.7. The number of halogens is 1. The number of aliphatic hydroxyl groups is 1. The quantitative estimate of drug-likeness (QED) is 0.891. The van der Waals surface area contributed by atoms with Crippen LogP contribution in [0.5, 0.6) is 5.75 Å². The van der Waals surface area contributed by atoms with Crippen molar-refractivity contribution in [3.63, 3.8) is 0 Å². The first kappa shape index (κ1) is 14.6. The van der Waals surface area contributed by atoms with Gasteiger partial charge in [0.2, 0.25) is 0 Å². The van der Waals surface area contributed by atoms with Gasteiger partial charge in [0.05, 0.1) is 18.2 Å². The molecule has 0 spiro atoms. The largest absolute Gasteiger partial charge is 0.495 e. The fourth-order valence-electron chi connectivity index (χ4n) is 3.05. The molecule has 0 amide bonds. The molecule has 1 aliphatic carbocycles. The number of aliphatic hydroxyl groups excluding tert-OH is 1. The van der Waals surface area contributed by atoms with Gasteiger partial charge < -0.3 is 15.6 Å². The topological polar surface area (TPSA) is 55.5 Å². The predicted molar refractivity (Wildman–Crippen MR) is 77.5 cm³/mol. The predicted octanol–water partition coefficient (Wildman–Crippen LogP) is 3.29. The normalized spacial score (nSPS) is 20.0. The molecular weight excluding hydrogens is 262 g/mol. The number of hydrogen-bond donors (Lipinski definition) is 2. The lowest BCUT2D eigenvalue weighted by molar-refractivity contribution is 0.000680. The van der Waals surface area contributed by atoms with E-state index >= 15 is 0 Å². The van der Waals surface area contributed by atoms with Crippen LogP contribution in [0.15, 0.2) is 18.2 Å². The summed E-state index contributed by atoms with van der Waals surface area (Å²) < 4.78 is 5.14. The highest BCUT2D eigenvalue weighted by Crippen LogP contribution is 2.46. The Morgan fingerprint density at radius 2 is 2.05 bits per heavy atom. The van der Waals surface area contributed by atoms with Crippen LogP contribution in [-0.4, -0.2) is 18.8 Å². The molecule has 19 heavy (non-hydrogen) atoms. The van der Waals surface area contributed by atoms with Gasteiger partial charge in [-0.15, -0.1) is 0 Å². The van der Waals surface area contributed by atoms with Crippen LogP contribution in [0.25, 0.3) is 0 Å². The van der Waals surface area contributed by atoms with E-state index in [0.29, 0.717) is 17.3 Å². The minimum Gasteiger partial charge on any atom is -0.495 e. The van der Waals surface area contributed by atoms with Crippen LogP contribution in [0.3, 0.4) is 0 Å². The average Bonchev–Trinajstić information content (AvgIpc) is 2.47. The SMILES string of the molecule is COc1ccc(C(O)C2(CN)CCCCC2)cc1Cl. The first-order valence-electron chi connectivity index (χ1n) is 6.84. The molecule has 0 aliphatic heterocycles. The standard InChI is InChI=1S/C15H22ClNO2/c1-19-13-6-5-11(9-12(13)16)14(18)15(10-17)7-3-2-4-8-15/h5-6,9,14,18H,2-4,7-8,10,17H2,1H3. The van der Waals surface area contributed by atoms with Gasteiger partial charge in [-0.3, -0.25) is 0 Å². The number of nitrogens with two attached hydrogens (primary N) is 1. The highest BCUT2D eigenvalue weighted by Gasteiger charge is 2.38. The minimum atomic E-state index is -0.554. The van der Waals surface area contributed by atoms with Crippen molar-refractivity contribution in [3.05, 3.63) is 28.8 Å². The Labute approximate surface area is 119 Å². The van der Waals surface area contributed by atoms with E-state index in [1.807, 2.05) is 6.07 Å². The van der Waals surface area contributed by atoms with Crippen molar-refractivity contribution in [1.82, 2.24) is 0 Å². The molecule has 1 fully saturated rings. The van der Waals surface area contributed by atoms with E-state index in [9.17, 15) is 5.11 Å². The van der Waals surface area contributed by atoms with Crippen LogP contribution in [-0.2, 0) is 0 Å². The van der Waals surface area contributed by atoms with E-state index in [-0.39, 0.29) is 5.41 Å². The lowest BCUT2D eigenvalue weighted by atomic mass is 9.68. The summed E-state index contributed by atoms with van der Waals surface area (Å²) in [7, 11) is 1.58. The molecule has 0 saturated heterocycles.